The third-order valence-electron chi connectivity index (χ3n) is 3.60. The van der Waals surface area contributed by atoms with Crippen LogP contribution in [-0.4, -0.2) is 27.2 Å². The summed E-state index contributed by atoms with van der Waals surface area (Å²) in [5.74, 6) is 0. The molecule has 1 aromatic carbocycles. The Labute approximate surface area is 124 Å². The normalized spacial score (nSPS) is 13.9. The lowest BCUT2D eigenvalue weighted by Crippen LogP contribution is -2.38. The van der Waals surface area contributed by atoms with Gasteiger partial charge in [-0.05, 0) is 44.5 Å². The van der Waals surface area contributed by atoms with Crippen LogP contribution in [0.5, 0.6) is 0 Å². The molecule has 0 saturated carbocycles. The van der Waals surface area contributed by atoms with Crippen molar-refractivity contribution in [1.29, 1.82) is 0 Å². The monoisotopic (exact) mass is 283 g/mol. The Morgan fingerprint density at radius 3 is 2.71 bits per heavy atom. The lowest BCUT2D eigenvalue weighted by molar-refractivity contribution is 0.165. The molecule has 110 valence electrons. The van der Waals surface area contributed by atoms with Gasteiger partial charge in [0.2, 0.25) is 0 Å². The first-order valence-corrected chi connectivity index (χ1v) is 7.24. The topological polar surface area (TPSA) is 60.9 Å². The Balaban J connectivity index is 2.05. The summed E-state index contributed by atoms with van der Waals surface area (Å²) in [7, 11) is 0. The van der Waals surface area contributed by atoms with Crippen molar-refractivity contribution >= 4 is 21.9 Å². The molecule has 2 aromatic heterocycles. The van der Waals surface area contributed by atoms with E-state index in [0.717, 1.165) is 27.5 Å². The fourth-order valence-corrected chi connectivity index (χ4v) is 2.58. The second kappa shape index (κ2) is 5.13. The molecule has 0 bridgehead atoms. The van der Waals surface area contributed by atoms with Crippen molar-refractivity contribution in [2.75, 3.05) is 6.54 Å². The molecule has 3 aromatic rings. The van der Waals surface area contributed by atoms with Crippen LogP contribution in [0.1, 0.15) is 32.4 Å². The van der Waals surface area contributed by atoms with E-state index in [0.29, 0.717) is 6.54 Å². The van der Waals surface area contributed by atoms with Crippen molar-refractivity contribution in [3.05, 3.63) is 42.1 Å². The maximum atomic E-state index is 10.6. The lowest BCUT2D eigenvalue weighted by Gasteiger charge is -2.23. The first-order valence-electron chi connectivity index (χ1n) is 7.24. The van der Waals surface area contributed by atoms with Gasteiger partial charge in [-0.2, -0.15) is 0 Å². The van der Waals surface area contributed by atoms with Crippen molar-refractivity contribution in [3.63, 3.8) is 0 Å². The number of rotatable bonds is 3. The van der Waals surface area contributed by atoms with Gasteiger partial charge in [0.25, 0.3) is 0 Å². The van der Waals surface area contributed by atoms with E-state index in [-0.39, 0.29) is 5.54 Å². The minimum atomic E-state index is -0.561. The molecule has 0 aliphatic heterocycles. The average Bonchev–Trinajstić information content (AvgIpc) is 2.82. The summed E-state index contributed by atoms with van der Waals surface area (Å²) in [4.78, 5) is 7.81. The van der Waals surface area contributed by atoms with E-state index < -0.39 is 6.10 Å². The highest BCUT2D eigenvalue weighted by Crippen LogP contribution is 2.30. The number of benzene rings is 1. The third-order valence-corrected chi connectivity index (χ3v) is 3.60. The molecule has 21 heavy (non-hydrogen) atoms. The van der Waals surface area contributed by atoms with Gasteiger partial charge in [-0.1, -0.05) is 12.1 Å². The van der Waals surface area contributed by atoms with Gasteiger partial charge in [0.05, 0.1) is 17.1 Å². The first kappa shape index (κ1) is 14.0. The highest BCUT2D eigenvalue weighted by molar-refractivity contribution is 6.06. The van der Waals surface area contributed by atoms with Crippen molar-refractivity contribution in [1.82, 2.24) is 15.3 Å². The molecule has 4 heteroatoms. The number of β-amino-alcohol motifs (C(OH)–C–C–N with tert-alkyl or cyclic N) is 1. The summed E-state index contributed by atoms with van der Waals surface area (Å²) in [6.07, 6.45) is 1.22. The van der Waals surface area contributed by atoms with Crippen molar-refractivity contribution in [2.24, 2.45) is 0 Å². The van der Waals surface area contributed by atoms with Crippen LogP contribution in [0.25, 0.3) is 21.9 Å². The minimum absolute atomic E-state index is 0.0205. The molecule has 4 nitrogen and oxygen atoms in total. The van der Waals surface area contributed by atoms with Crippen molar-refractivity contribution < 1.29 is 5.11 Å². The van der Waals surface area contributed by atoms with Gasteiger partial charge in [-0.3, -0.25) is 4.98 Å². The second-order valence-corrected chi connectivity index (χ2v) is 6.44. The number of nitrogens with zero attached hydrogens (tertiary/aromatic N) is 1. The molecule has 3 N–H and O–H groups in total. The van der Waals surface area contributed by atoms with Crippen LogP contribution in [0.2, 0.25) is 0 Å². The van der Waals surface area contributed by atoms with E-state index in [2.05, 4.69) is 36.1 Å². The van der Waals surface area contributed by atoms with Gasteiger partial charge < -0.3 is 15.4 Å². The molecule has 0 fully saturated rings. The first-order chi connectivity index (χ1) is 9.96. The Hall–Kier alpha value is -1.91. The highest BCUT2D eigenvalue weighted by Gasteiger charge is 2.18. The molecular weight excluding hydrogens is 262 g/mol. The average molecular weight is 283 g/mol. The fraction of sp³-hybridized carbons (Fsp3) is 0.353. The van der Waals surface area contributed by atoms with Gasteiger partial charge in [-0.25, -0.2) is 0 Å². The number of hydrogen-bond acceptors (Lipinski definition) is 3. The van der Waals surface area contributed by atoms with E-state index in [1.165, 1.54) is 0 Å². The number of nitrogens with one attached hydrogen (secondary N) is 2. The van der Waals surface area contributed by atoms with Gasteiger partial charge in [0.15, 0.2) is 0 Å². The Morgan fingerprint density at radius 2 is 1.95 bits per heavy atom. The van der Waals surface area contributed by atoms with Crippen molar-refractivity contribution in [3.8, 4) is 0 Å². The molecule has 0 aliphatic rings. The number of aromatic nitrogens is 2. The summed E-state index contributed by atoms with van der Waals surface area (Å²) in [6.45, 7) is 6.79. The number of hydrogen-bond donors (Lipinski definition) is 3. The van der Waals surface area contributed by atoms with E-state index in [1.807, 2.05) is 30.3 Å². The summed E-state index contributed by atoms with van der Waals surface area (Å²) in [5.41, 5.74) is 3.81. The minimum Gasteiger partial charge on any atom is -0.387 e. The number of H-pyrrole nitrogens is 1. The lowest BCUT2D eigenvalue weighted by atomic mass is 10.0. The number of fused-ring (bicyclic) bond motifs is 3. The van der Waals surface area contributed by atoms with Crippen LogP contribution in [0.3, 0.4) is 0 Å². The predicted octanol–water partition coefficient (Wildman–Crippen LogP) is 3.14. The van der Waals surface area contributed by atoms with Crippen LogP contribution in [0.15, 0.2) is 36.5 Å². The Kier molecular flexibility index (Phi) is 3.43. The predicted molar refractivity (Wildman–Crippen MR) is 86.3 cm³/mol. The highest BCUT2D eigenvalue weighted by atomic mass is 16.3. The van der Waals surface area contributed by atoms with E-state index >= 15 is 0 Å². The largest absolute Gasteiger partial charge is 0.387 e. The quantitative estimate of drug-likeness (QED) is 0.692. The molecule has 0 unspecified atom stereocenters. The van der Waals surface area contributed by atoms with Gasteiger partial charge in [0.1, 0.15) is 0 Å². The van der Waals surface area contributed by atoms with Gasteiger partial charge in [-0.15, -0.1) is 0 Å². The Bertz CT molecular complexity index is 770. The van der Waals surface area contributed by atoms with Crippen LogP contribution in [0, 0.1) is 0 Å². The zero-order chi connectivity index (χ0) is 15.0. The summed E-state index contributed by atoms with van der Waals surface area (Å²) < 4.78 is 0. The van der Waals surface area contributed by atoms with Crippen molar-refractivity contribution in [2.45, 2.75) is 32.4 Å². The SMILES string of the molecule is CC(C)(C)NC[C@H](O)c1cccc2[nH]c3cccnc3c12. The number of aliphatic hydroxyl groups excluding tert-OH is 1. The number of pyridine rings is 1. The van der Waals surface area contributed by atoms with Gasteiger partial charge >= 0.3 is 0 Å². The third kappa shape index (κ3) is 2.77. The maximum absolute atomic E-state index is 10.6. The zero-order valence-corrected chi connectivity index (χ0v) is 12.6. The zero-order valence-electron chi connectivity index (χ0n) is 12.6. The summed E-state index contributed by atoms with van der Waals surface area (Å²) in [6, 6.07) is 9.87. The molecule has 2 heterocycles. The molecule has 1 atom stereocenters. The molecule has 3 rings (SSSR count). The number of aliphatic hydroxyl groups is 1. The second-order valence-electron chi connectivity index (χ2n) is 6.44. The van der Waals surface area contributed by atoms with Crippen LogP contribution in [0.4, 0.5) is 0 Å². The van der Waals surface area contributed by atoms with Gasteiger partial charge in [0, 0.05) is 29.2 Å². The van der Waals surface area contributed by atoms with Crippen LogP contribution in [-0.2, 0) is 0 Å². The van der Waals surface area contributed by atoms with Crippen LogP contribution < -0.4 is 5.32 Å². The molecule has 0 aliphatic carbocycles. The molecule has 0 amide bonds. The van der Waals surface area contributed by atoms with E-state index in [9.17, 15) is 5.11 Å². The molecule has 0 radical (unpaired) electrons. The van der Waals surface area contributed by atoms with Crippen LogP contribution >= 0.6 is 0 Å². The van der Waals surface area contributed by atoms with E-state index in [4.69, 9.17) is 0 Å². The summed E-state index contributed by atoms with van der Waals surface area (Å²) >= 11 is 0. The van der Waals surface area contributed by atoms with E-state index in [1.54, 1.807) is 6.20 Å². The molecule has 0 saturated heterocycles. The smallest absolute Gasteiger partial charge is 0.0961 e. The fourth-order valence-electron chi connectivity index (χ4n) is 2.58. The summed E-state index contributed by atoms with van der Waals surface area (Å²) in [5, 5.41) is 14.9. The number of aromatic amines is 1. The molecular formula is C17H21N3O. The Morgan fingerprint density at radius 1 is 1.19 bits per heavy atom. The molecule has 0 spiro atoms. The maximum Gasteiger partial charge on any atom is 0.0961 e. The standard InChI is InChI=1S/C17H21N3O/c1-17(2,3)19-10-14(21)11-6-4-7-12-15(11)16-13(20-12)8-5-9-18-16/h4-9,14,19-21H,10H2,1-3H3/t14-/m0/s1.